The van der Waals surface area contributed by atoms with Crippen LogP contribution in [0.15, 0.2) is 77.7 Å². The van der Waals surface area contributed by atoms with E-state index in [1.807, 2.05) is 0 Å². The van der Waals surface area contributed by atoms with Gasteiger partial charge in [-0.2, -0.15) is 9.40 Å². The largest absolute Gasteiger partial charge is 0.325 e. The van der Waals surface area contributed by atoms with Crippen LogP contribution in [0.1, 0.15) is 11.4 Å². The van der Waals surface area contributed by atoms with Gasteiger partial charge in [-0.25, -0.2) is 17.2 Å². The van der Waals surface area contributed by atoms with Crippen LogP contribution >= 0.6 is 0 Å². The van der Waals surface area contributed by atoms with Gasteiger partial charge in [0, 0.05) is 5.69 Å². The van der Waals surface area contributed by atoms with E-state index >= 15 is 0 Å². The minimum absolute atomic E-state index is 0.00292. The van der Waals surface area contributed by atoms with Crippen molar-refractivity contribution in [2.75, 3.05) is 5.32 Å². The molecule has 1 aromatic heterocycles. The van der Waals surface area contributed by atoms with Gasteiger partial charge in [-0.15, -0.1) is 5.10 Å². The van der Waals surface area contributed by atoms with Crippen LogP contribution in [0.25, 0.3) is 5.69 Å². The Kier molecular flexibility index (Phi) is 6.94. The molecule has 0 bridgehead atoms. The Labute approximate surface area is 199 Å². The van der Waals surface area contributed by atoms with Gasteiger partial charge in [0.15, 0.2) is 5.82 Å². The Morgan fingerprint density at radius 1 is 1.00 bits per heavy atom. The van der Waals surface area contributed by atoms with Crippen molar-refractivity contribution in [3.05, 3.63) is 95.8 Å². The predicted molar refractivity (Wildman–Crippen MR) is 123 cm³/mol. The number of hydrogen-bond donors (Lipinski definition) is 2. The van der Waals surface area contributed by atoms with Gasteiger partial charge in [-0.3, -0.25) is 4.79 Å². The number of nitrogens with one attached hydrogen (secondary N) is 2. The monoisotopic (exact) mass is 498 g/mol. The zero-order chi connectivity index (χ0) is 25.0. The summed E-state index contributed by atoms with van der Waals surface area (Å²) in [7, 11) is -4.38. The third-order valence-corrected chi connectivity index (χ3v) is 6.59. The lowest BCUT2D eigenvalue weighted by molar-refractivity contribution is -0.117. The maximum absolute atomic E-state index is 14.4. The second-order valence-corrected chi connectivity index (χ2v) is 9.27. The fourth-order valence-corrected chi connectivity index (χ4v) is 4.66. The molecule has 0 fully saturated rings. The summed E-state index contributed by atoms with van der Waals surface area (Å²) in [5, 5.41) is 13.5. The molecule has 12 heteroatoms. The molecule has 0 aliphatic rings. The van der Waals surface area contributed by atoms with E-state index < -0.39 is 38.5 Å². The number of sulfonamides is 1. The molecule has 0 saturated carbocycles. The number of amides is 1. The van der Waals surface area contributed by atoms with E-state index in [0.29, 0.717) is 11.4 Å². The quantitative estimate of drug-likeness (QED) is 0.386. The van der Waals surface area contributed by atoms with Crippen molar-refractivity contribution in [1.29, 1.82) is 0 Å². The van der Waals surface area contributed by atoms with Crippen molar-refractivity contribution in [2.24, 2.45) is 0 Å². The smallest absolute Gasteiger partial charge is 0.244 e. The van der Waals surface area contributed by atoms with Crippen LogP contribution in [0.2, 0.25) is 0 Å². The Bertz CT molecular complexity index is 1460. The summed E-state index contributed by atoms with van der Waals surface area (Å²) in [4.78, 5) is 12.6. The highest BCUT2D eigenvalue weighted by atomic mass is 32.2. The molecule has 9 nitrogen and oxygen atoms in total. The second kappa shape index (κ2) is 10.1. The van der Waals surface area contributed by atoms with Crippen molar-refractivity contribution < 1.29 is 22.0 Å². The summed E-state index contributed by atoms with van der Waals surface area (Å²) >= 11 is 0. The molecule has 0 radical (unpaired) electrons. The number of nitrogens with zero attached hydrogens (tertiary/aromatic N) is 4. The van der Waals surface area contributed by atoms with Gasteiger partial charge >= 0.3 is 0 Å². The zero-order valence-electron chi connectivity index (χ0n) is 18.4. The van der Waals surface area contributed by atoms with Crippen LogP contribution in [-0.2, 0) is 21.2 Å². The van der Waals surface area contributed by atoms with Crippen LogP contribution in [0, 0.1) is 18.6 Å². The Morgan fingerprint density at radius 2 is 1.71 bits per heavy atom. The molecular formula is C23H20F2N6O3S. The molecule has 1 heterocycles. The molecule has 4 rings (SSSR count). The zero-order valence-corrected chi connectivity index (χ0v) is 19.2. The van der Waals surface area contributed by atoms with Gasteiger partial charge < -0.3 is 5.32 Å². The number of carbonyl (C=O) groups excluding carboxylic acids is 1. The fraction of sp³-hybridized carbons (Fsp3) is 0.130. The molecule has 3 aromatic carbocycles. The molecule has 1 atom stereocenters. The molecule has 0 aliphatic heterocycles. The molecule has 35 heavy (non-hydrogen) atoms. The first-order valence-electron chi connectivity index (χ1n) is 10.4. The summed E-state index contributed by atoms with van der Waals surface area (Å²) in [5.41, 5.74) is 0.856. The molecule has 4 aromatic rings. The highest BCUT2D eigenvalue weighted by Crippen LogP contribution is 2.20. The summed E-state index contributed by atoms with van der Waals surface area (Å²) in [6.07, 6.45) is -0.0134. The van der Waals surface area contributed by atoms with Gasteiger partial charge in [-0.05, 0) is 59.7 Å². The summed E-state index contributed by atoms with van der Waals surface area (Å²) < 4.78 is 57.8. The number of tetrazole rings is 1. The van der Waals surface area contributed by atoms with Crippen LogP contribution in [0.3, 0.4) is 0 Å². The lowest BCUT2D eigenvalue weighted by atomic mass is 10.1. The van der Waals surface area contributed by atoms with Crippen LogP contribution < -0.4 is 10.0 Å². The third kappa shape index (κ3) is 5.55. The number of hydrogen-bond acceptors (Lipinski definition) is 6. The third-order valence-electron chi connectivity index (χ3n) is 5.09. The standard InChI is InChI=1S/C23H20F2N6O3S/c1-15-27-29-30-31(15)21-14-17(11-12-18(21)24)26-23(32)20(13-16-7-3-2-4-8-16)28-35(33,34)22-10-6-5-9-19(22)25/h2-12,14,20,28H,13H2,1H3,(H,26,32)/t20-/m0/s1. The number of benzene rings is 3. The van der Waals surface area contributed by atoms with E-state index in [4.69, 9.17) is 0 Å². The summed E-state index contributed by atoms with van der Waals surface area (Å²) in [6.45, 7) is 1.58. The van der Waals surface area contributed by atoms with Crippen molar-refractivity contribution in [1.82, 2.24) is 24.9 Å². The van der Waals surface area contributed by atoms with Crippen molar-refractivity contribution in [3.63, 3.8) is 0 Å². The van der Waals surface area contributed by atoms with E-state index in [2.05, 4.69) is 25.6 Å². The minimum atomic E-state index is -4.38. The van der Waals surface area contributed by atoms with E-state index in [1.54, 1.807) is 37.3 Å². The van der Waals surface area contributed by atoms with E-state index in [9.17, 15) is 22.0 Å². The fourth-order valence-electron chi connectivity index (χ4n) is 3.39. The summed E-state index contributed by atoms with van der Waals surface area (Å²) in [5.74, 6) is -1.97. The van der Waals surface area contributed by atoms with Gasteiger partial charge in [0.1, 0.15) is 28.3 Å². The van der Waals surface area contributed by atoms with Gasteiger partial charge in [-0.1, -0.05) is 42.5 Å². The SMILES string of the molecule is Cc1nnnn1-c1cc(NC(=O)[C@H](Cc2ccccc2)NS(=O)(=O)c2ccccc2F)ccc1F. The molecule has 1 amide bonds. The molecule has 0 spiro atoms. The molecule has 0 saturated heterocycles. The highest BCUT2D eigenvalue weighted by Gasteiger charge is 2.28. The number of rotatable bonds is 8. The average Bonchev–Trinajstić information content (AvgIpc) is 3.26. The summed E-state index contributed by atoms with van der Waals surface area (Å²) in [6, 6.07) is 16.1. The molecule has 180 valence electrons. The lowest BCUT2D eigenvalue weighted by Crippen LogP contribution is -2.45. The number of carbonyl (C=O) groups is 1. The molecule has 0 aliphatic carbocycles. The molecular weight excluding hydrogens is 478 g/mol. The first-order valence-corrected chi connectivity index (χ1v) is 11.9. The van der Waals surface area contributed by atoms with Gasteiger partial charge in [0.25, 0.3) is 0 Å². The second-order valence-electron chi connectivity index (χ2n) is 7.59. The average molecular weight is 499 g/mol. The van der Waals surface area contributed by atoms with E-state index in [-0.39, 0.29) is 17.8 Å². The highest BCUT2D eigenvalue weighted by molar-refractivity contribution is 7.89. The van der Waals surface area contributed by atoms with Crippen LogP contribution in [-0.4, -0.2) is 40.6 Å². The van der Waals surface area contributed by atoms with Crippen LogP contribution in [0.4, 0.5) is 14.5 Å². The van der Waals surface area contributed by atoms with Crippen molar-refractivity contribution in [2.45, 2.75) is 24.3 Å². The maximum atomic E-state index is 14.4. The first kappa shape index (κ1) is 24.1. The number of halogens is 2. The van der Waals surface area contributed by atoms with Gasteiger partial charge in [0.05, 0.1) is 0 Å². The van der Waals surface area contributed by atoms with Crippen molar-refractivity contribution >= 4 is 21.6 Å². The van der Waals surface area contributed by atoms with Crippen molar-refractivity contribution in [3.8, 4) is 5.69 Å². The number of aromatic nitrogens is 4. The topological polar surface area (TPSA) is 119 Å². The Balaban J connectivity index is 1.63. The van der Waals surface area contributed by atoms with E-state index in [0.717, 1.165) is 22.9 Å². The predicted octanol–water partition coefficient (Wildman–Crippen LogP) is 2.78. The Hall–Kier alpha value is -4.03. The lowest BCUT2D eigenvalue weighted by Gasteiger charge is -2.19. The first-order chi connectivity index (χ1) is 16.7. The van der Waals surface area contributed by atoms with Crippen LogP contribution in [0.5, 0.6) is 0 Å². The normalized spacial score (nSPS) is 12.3. The van der Waals surface area contributed by atoms with E-state index in [1.165, 1.54) is 24.3 Å². The molecule has 0 unspecified atom stereocenters. The minimum Gasteiger partial charge on any atom is -0.325 e. The van der Waals surface area contributed by atoms with Gasteiger partial charge in [0.2, 0.25) is 15.9 Å². The Morgan fingerprint density at radius 3 is 2.40 bits per heavy atom. The maximum Gasteiger partial charge on any atom is 0.244 e. The number of aryl methyl sites for hydroxylation is 1. The molecule has 2 N–H and O–H groups in total. The number of anilines is 1.